The Morgan fingerprint density at radius 3 is 2.35 bits per heavy atom. The van der Waals surface area contributed by atoms with Crippen LogP contribution in [0.3, 0.4) is 0 Å². The number of rotatable bonds is 12. The number of nitrogens with one attached hydrogen (secondary N) is 5. The van der Waals surface area contributed by atoms with E-state index in [2.05, 4.69) is 35.6 Å². The smallest absolute Gasteiger partial charge is 0.422 e. The van der Waals surface area contributed by atoms with Gasteiger partial charge in [-0.3, -0.25) is 10.1 Å². The van der Waals surface area contributed by atoms with Crippen molar-refractivity contribution in [3.63, 3.8) is 0 Å². The standard InChI is InChI=1S/C25H25ClF3N7O6S/c1-41-23(38)30-12-13-43(39,40)36-19(37)15-2-8-18(9-3-15)31-20-32-21(34-22(33-20)42-14-25(27,28)29)35-24(10-11-24)16-4-6-17(26)7-5-16/h2-9H,10-14H2,1H3,(H,30,38)(H,36,37)(H2,31,32,33,34,35)/p+1. The maximum Gasteiger partial charge on any atom is 0.422 e. The molecule has 1 aromatic heterocycles. The predicted molar refractivity (Wildman–Crippen MR) is 148 cm³/mol. The van der Waals surface area contributed by atoms with E-state index >= 15 is 0 Å². The van der Waals surface area contributed by atoms with Crippen LogP contribution in [0.1, 0.15) is 28.8 Å². The van der Waals surface area contributed by atoms with Gasteiger partial charge >= 0.3 is 30.2 Å². The van der Waals surface area contributed by atoms with Crippen LogP contribution in [0, 0.1) is 0 Å². The number of carbonyl (C=O) groups excluding carboxylic acids is 2. The number of sulfonamides is 1. The molecule has 0 aliphatic heterocycles. The van der Waals surface area contributed by atoms with Crippen LogP contribution in [0.25, 0.3) is 0 Å². The number of anilines is 3. The van der Waals surface area contributed by atoms with Crippen LogP contribution in [0.15, 0.2) is 48.5 Å². The van der Waals surface area contributed by atoms with Gasteiger partial charge in [0.15, 0.2) is 6.61 Å². The third-order valence-electron chi connectivity index (χ3n) is 6.00. The van der Waals surface area contributed by atoms with Crippen LogP contribution < -0.4 is 30.4 Å². The van der Waals surface area contributed by atoms with E-state index in [-0.39, 0.29) is 24.0 Å². The first-order valence-corrected chi connectivity index (χ1v) is 14.6. The van der Waals surface area contributed by atoms with Crippen molar-refractivity contribution >= 4 is 51.2 Å². The summed E-state index contributed by atoms with van der Waals surface area (Å²) < 4.78 is 73.8. The molecule has 1 saturated carbocycles. The van der Waals surface area contributed by atoms with Crippen molar-refractivity contribution in [3.8, 4) is 6.01 Å². The molecule has 0 saturated heterocycles. The Bertz CT molecular complexity index is 1570. The minimum Gasteiger partial charge on any atom is -0.453 e. The van der Waals surface area contributed by atoms with Crippen LogP contribution in [-0.2, 0) is 20.3 Å². The second kappa shape index (κ2) is 12.9. The van der Waals surface area contributed by atoms with E-state index in [0.29, 0.717) is 10.7 Å². The van der Waals surface area contributed by atoms with Gasteiger partial charge in [-0.05, 0) is 59.8 Å². The molecule has 0 bridgehead atoms. The predicted octanol–water partition coefficient (Wildman–Crippen LogP) is 3.15. The Kier molecular flexibility index (Phi) is 9.44. The highest BCUT2D eigenvalue weighted by atomic mass is 35.5. The number of ether oxygens (including phenoxy) is 2. The fourth-order valence-corrected chi connectivity index (χ4v) is 4.77. The Balaban J connectivity index is 1.47. The lowest BCUT2D eigenvalue weighted by atomic mass is 10.1. The largest absolute Gasteiger partial charge is 0.453 e. The SMILES string of the molecule is COC(=O)NCCS(=O)(=O)NC(=O)c1ccc(Nc2nc(NC3(c4ccc(Cl)cc4)CC3)[nH+]c(OCC(F)(F)F)n2)cc1. The van der Waals surface area contributed by atoms with E-state index in [9.17, 15) is 31.2 Å². The second-order valence-electron chi connectivity index (χ2n) is 9.31. The van der Waals surface area contributed by atoms with Crippen LogP contribution in [0.4, 0.5) is 35.5 Å². The Hall–Kier alpha value is -4.38. The molecule has 4 rings (SSSR count). The number of methoxy groups -OCH3 is 1. The Morgan fingerprint density at radius 2 is 1.74 bits per heavy atom. The van der Waals surface area contributed by atoms with Crippen molar-refractivity contribution in [2.45, 2.75) is 24.6 Å². The summed E-state index contributed by atoms with van der Waals surface area (Å²) in [5.41, 5.74) is 0.720. The summed E-state index contributed by atoms with van der Waals surface area (Å²) in [6.45, 7) is -1.87. The van der Waals surface area contributed by atoms with Crippen LogP contribution in [0.2, 0.25) is 5.02 Å². The van der Waals surface area contributed by atoms with E-state index in [1.54, 1.807) is 12.1 Å². The number of carbonyl (C=O) groups is 2. The summed E-state index contributed by atoms with van der Waals surface area (Å²) in [6, 6.07) is 12.2. The average Bonchev–Trinajstić information content (AvgIpc) is 3.72. The van der Waals surface area contributed by atoms with Crippen molar-refractivity contribution in [3.05, 3.63) is 64.7 Å². The summed E-state index contributed by atoms with van der Waals surface area (Å²) in [4.78, 5) is 34.4. The Labute approximate surface area is 248 Å². The molecule has 0 atom stereocenters. The van der Waals surface area contributed by atoms with Crippen molar-refractivity contribution in [1.82, 2.24) is 20.0 Å². The highest BCUT2D eigenvalue weighted by Gasteiger charge is 2.48. The molecule has 13 nitrogen and oxygen atoms in total. The third kappa shape index (κ3) is 9.31. The molecule has 2 amide bonds. The summed E-state index contributed by atoms with van der Waals surface area (Å²) >= 11 is 5.99. The lowest BCUT2D eigenvalue weighted by Crippen LogP contribution is -2.37. The monoisotopic (exact) mass is 644 g/mol. The van der Waals surface area contributed by atoms with Crippen LogP contribution in [-0.4, -0.2) is 62.6 Å². The molecule has 230 valence electrons. The van der Waals surface area contributed by atoms with Crippen molar-refractivity contribution in [2.75, 3.05) is 36.6 Å². The van der Waals surface area contributed by atoms with Gasteiger partial charge in [0, 0.05) is 22.8 Å². The van der Waals surface area contributed by atoms with Gasteiger partial charge < -0.3 is 20.1 Å². The number of H-pyrrole nitrogens is 1. The first-order valence-electron chi connectivity index (χ1n) is 12.5. The number of alkyl carbamates (subject to hydrolysis) is 1. The minimum atomic E-state index is -4.61. The van der Waals surface area contributed by atoms with E-state index in [1.807, 2.05) is 16.9 Å². The van der Waals surface area contributed by atoms with Gasteiger partial charge in [0.1, 0.15) is 0 Å². The van der Waals surface area contributed by atoms with Gasteiger partial charge in [0.25, 0.3) is 5.91 Å². The van der Waals surface area contributed by atoms with Crippen molar-refractivity contribution in [2.24, 2.45) is 0 Å². The third-order valence-corrected chi connectivity index (χ3v) is 7.49. The molecule has 18 heteroatoms. The first-order chi connectivity index (χ1) is 20.3. The molecular weight excluding hydrogens is 619 g/mol. The topological polar surface area (TPSA) is 175 Å². The normalized spacial score (nSPS) is 13.9. The summed E-state index contributed by atoms with van der Waals surface area (Å²) in [6.07, 6.45) is -3.97. The van der Waals surface area contributed by atoms with Crippen molar-refractivity contribution < 1.29 is 45.6 Å². The molecule has 1 aliphatic rings. The molecule has 0 radical (unpaired) electrons. The number of alkyl halides is 3. The van der Waals surface area contributed by atoms with Gasteiger partial charge in [-0.15, -0.1) is 0 Å². The average molecular weight is 645 g/mol. The molecule has 1 fully saturated rings. The van der Waals surface area contributed by atoms with E-state index in [1.165, 1.54) is 24.3 Å². The first kappa shape index (κ1) is 31.6. The van der Waals surface area contributed by atoms with Crippen LogP contribution in [0.5, 0.6) is 6.01 Å². The number of halogens is 4. The number of amides is 2. The zero-order chi connectivity index (χ0) is 31.3. The molecule has 3 aromatic rings. The lowest BCUT2D eigenvalue weighted by molar-refractivity contribution is -0.391. The zero-order valence-electron chi connectivity index (χ0n) is 22.4. The minimum absolute atomic E-state index is 0.00689. The summed E-state index contributed by atoms with van der Waals surface area (Å²) in [5.74, 6) is -1.51. The number of hydrogen-bond acceptors (Lipinski definition) is 10. The maximum absolute atomic E-state index is 12.8. The highest BCUT2D eigenvalue weighted by molar-refractivity contribution is 7.90. The van der Waals surface area contributed by atoms with Gasteiger partial charge in [-0.25, -0.2) is 22.9 Å². The molecular formula is C25H26ClF3N7O6S+. The highest BCUT2D eigenvalue weighted by Crippen LogP contribution is 2.47. The van der Waals surface area contributed by atoms with E-state index < -0.39 is 52.1 Å². The molecule has 43 heavy (non-hydrogen) atoms. The lowest BCUT2D eigenvalue weighted by Gasteiger charge is -2.15. The molecule has 5 N–H and O–H groups in total. The summed E-state index contributed by atoms with van der Waals surface area (Å²) in [7, 11) is -2.95. The number of aromatic amines is 1. The maximum atomic E-state index is 12.8. The zero-order valence-corrected chi connectivity index (χ0v) is 24.0. The molecule has 0 spiro atoms. The molecule has 1 aliphatic carbocycles. The number of nitrogens with zero attached hydrogens (tertiary/aromatic N) is 2. The molecule has 2 aromatic carbocycles. The van der Waals surface area contributed by atoms with Gasteiger partial charge in [-0.1, -0.05) is 28.7 Å². The Morgan fingerprint density at radius 1 is 1.07 bits per heavy atom. The number of benzene rings is 2. The number of hydrogen-bond donors (Lipinski definition) is 4. The second-order valence-corrected chi connectivity index (χ2v) is 11.6. The number of aromatic nitrogens is 3. The van der Waals surface area contributed by atoms with E-state index in [4.69, 9.17) is 16.3 Å². The molecule has 1 heterocycles. The fraction of sp³-hybridized carbons (Fsp3) is 0.320. The fourth-order valence-electron chi connectivity index (χ4n) is 3.77. The molecule has 0 unspecified atom stereocenters. The van der Waals surface area contributed by atoms with Crippen molar-refractivity contribution in [1.29, 1.82) is 0 Å². The quantitative estimate of drug-likeness (QED) is 0.229. The van der Waals surface area contributed by atoms with Gasteiger partial charge in [0.2, 0.25) is 10.0 Å². The van der Waals surface area contributed by atoms with Crippen LogP contribution >= 0.6 is 11.6 Å². The van der Waals surface area contributed by atoms with Gasteiger partial charge in [0.05, 0.1) is 18.4 Å². The summed E-state index contributed by atoms with van der Waals surface area (Å²) in [5, 5.41) is 8.79. The van der Waals surface area contributed by atoms with Gasteiger partial charge in [-0.2, -0.15) is 13.2 Å². The van der Waals surface area contributed by atoms with E-state index in [0.717, 1.165) is 25.5 Å².